The third kappa shape index (κ3) is 3.07. The quantitative estimate of drug-likeness (QED) is 0.766. The van der Waals surface area contributed by atoms with Gasteiger partial charge in [-0.15, -0.1) is 0 Å². The summed E-state index contributed by atoms with van der Waals surface area (Å²) in [7, 11) is 0. The van der Waals surface area contributed by atoms with Gasteiger partial charge in [-0.05, 0) is 36.6 Å². The maximum Gasteiger partial charge on any atom is 0.0814 e. The molecule has 3 aromatic rings. The molecule has 0 bridgehead atoms. The number of rotatable bonds is 4. The zero-order valence-electron chi connectivity index (χ0n) is 11.5. The largest absolute Gasteiger partial charge is 0.388 e. The number of fused-ring (bicyclic) bond motifs is 1. The zero-order valence-corrected chi connectivity index (χ0v) is 12.3. The Bertz CT molecular complexity index is 743. The van der Waals surface area contributed by atoms with Crippen molar-refractivity contribution in [2.24, 2.45) is 0 Å². The fraction of sp³-hybridized carbons (Fsp3) is 0.167. The summed E-state index contributed by atoms with van der Waals surface area (Å²) in [6.07, 6.45) is 2.68. The fourth-order valence-electron chi connectivity index (χ4n) is 2.53. The molecule has 0 aliphatic rings. The predicted octanol–water partition coefficient (Wildman–Crippen LogP) is 4.55. The summed E-state index contributed by atoms with van der Waals surface area (Å²) in [5.74, 6) is 0. The van der Waals surface area contributed by atoms with E-state index in [9.17, 15) is 5.11 Å². The van der Waals surface area contributed by atoms with Gasteiger partial charge in [0.15, 0.2) is 0 Å². The molecule has 0 aliphatic heterocycles. The smallest absolute Gasteiger partial charge is 0.0814 e. The first-order valence-corrected chi connectivity index (χ1v) is 7.38. The van der Waals surface area contributed by atoms with E-state index in [1.54, 1.807) is 6.20 Å². The van der Waals surface area contributed by atoms with Gasteiger partial charge in [0.1, 0.15) is 0 Å². The van der Waals surface area contributed by atoms with Gasteiger partial charge in [0.25, 0.3) is 0 Å². The molecule has 2 aromatic carbocycles. The lowest BCUT2D eigenvalue weighted by Gasteiger charge is -2.14. The van der Waals surface area contributed by atoms with Crippen LogP contribution in [0.5, 0.6) is 0 Å². The van der Waals surface area contributed by atoms with Gasteiger partial charge in [0.05, 0.1) is 11.6 Å². The Kier molecular flexibility index (Phi) is 4.18. The molecule has 21 heavy (non-hydrogen) atoms. The molecular formula is C18H16ClNO. The highest BCUT2D eigenvalue weighted by Gasteiger charge is 2.13. The maximum absolute atomic E-state index is 10.5. The topological polar surface area (TPSA) is 33.1 Å². The van der Waals surface area contributed by atoms with Crippen LogP contribution in [-0.2, 0) is 6.42 Å². The van der Waals surface area contributed by atoms with Crippen LogP contribution in [0.15, 0.2) is 60.8 Å². The highest BCUT2D eigenvalue weighted by Crippen LogP contribution is 2.30. The van der Waals surface area contributed by atoms with E-state index in [0.717, 1.165) is 22.9 Å². The SMILES string of the molecule is OC(CCc1ccccc1)c1ccc(Cl)c2cccnc12. The molecule has 3 heteroatoms. The first-order chi connectivity index (χ1) is 10.3. The Labute approximate surface area is 129 Å². The lowest BCUT2D eigenvalue weighted by Crippen LogP contribution is -2.01. The average Bonchev–Trinajstić information content (AvgIpc) is 2.54. The summed E-state index contributed by atoms with van der Waals surface area (Å²) >= 11 is 6.19. The lowest BCUT2D eigenvalue weighted by atomic mass is 9.99. The van der Waals surface area contributed by atoms with Gasteiger partial charge in [-0.3, -0.25) is 4.98 Å². The van der Waals surface area contributed by atoms with Crippen molar-refractivity contribution in [1.29, 1.82) is 0 Å². The molecule has 1 atom stereocenters. The number of benzene rings is 2. The monoisotopic (exact) mass is 297 g/mol. The van der Waals surface area contributed by atoms with Gasteiger partial charge in [0, 0.05) is 22.2 Å². The molecule has 0 saturated heterocycles. The van der Waals surface area contributed by atoms with Gasteiger partial charge >= 0.3 is 0 Å². The van der Waals surface area contributed by atoms with Crippen LogP contribution in [0.2, 0.25) is 5.02 Å². The van der Waals surface area contributed by atoms with E-state index in [1.165, 1.54) is 5.56 Å². The van der Waals surface area contributed by atoms with Crippen LogP contribution in [0.25, 0.3) is 10.9 Å². The summed E-state index contributed by atoms with van der Waals surface area (Å²) in [4.78, 5) is 4.37. The molecule has 1 heterocycles. The molecular weight excluding hydrogens is 282 g/mol. The Morgan fingerprint density at radius 3 is 2.62 bits per heavy atom. The van der Waals surface area contributed by atoms with Gasteiger partial charge in [-0.25, -0.2) is 0 Å². The summed E-state index contributed by atoms with van der Waals surface area (Å²) < 4.78 is 0. The van der Waals surface area contributed by atoms with Crippen molar-refractivity contribution >= 4 is 22.5 Å². The van der Waals surface area contributed by atoms with Gasteiger partial charge in [-0.2, -0.15) is 0 Å². The average molecular weight is 298 g/mol. The Morgan fingerprint density at radius 1 is 1.00 bits per heavy atom. The summed E-state index contributed by atoms with van der Waals surface area (Å²) in [6, 6.07) is 17.7. The zero-order chi connectivity index (χ0) is 14.7. The summed E-state index contributed by atoms with van der Waals surface area (Å²) in [5.41, 5.74) is 2.85. The van der Waals surface area contributed by atoms with E-state index in [2.05, 4.69) is 17.1 Å². The molecule has 0 aliphatic carbocycles. The molecule has 0 spiro atoms. The molecule has 0 amide bonds. The molecule has 1 N–H and O–H groups in total. The molecule has 0 saturated carbocycles. The third-order valence-electron chi connectivity index (χ3n) is 3.66. The minimum Gasteiger partial charge on any atom is -0.388 e. The van der Waals surface area contributed by atoms with Crippen molar-refractivity contribution in [3.8, 4) is 0 Å². The van der Waals surface area contributed by atoms with Crippen LogP contribution in [0.4, 0.5) is 0 Å². The van der Waals surface area contributed by atoms with E-state index < -0.39 is 6.10 Å². The van der Waals surface area contributed by atoms with E-state index in [0.29, 0.717) is 11.4 Å². The van der Waals surface area contributed by atoms with Crippen LogP contribution in [0, 0.1) is 0 Å². The second-order valence-corrected chi connectivity index (χ2v) is 5.48. The van der Waals surface area contributed by atoms with Crippen molar-refractivity contribution in [1.82, 2.24) is 4.98 Å². The minimum absolute atomic E-state index is 0.542. The Morgan fingerprint density at radius 2 is 1.81 bits per heavy atom. The highest BCUT2D eigenvalue weighted by atomic mass is 35.5. The van der Waals surface area contributed by atoms with Crippen molar-refractivity contribution < 1.29 is 5.11 Å². The number of nitrogens with zero attached hydrogens (tertiary/aromatic N) is 1. The van der Waals surface area contributed by atoms with Gasteiger partial charge in [0.2, 0.25) is 0 Å². The van der Waals surface area contributed by atoms with Crippen molar-refractivity contribution in [2.45, 2.75) is 18.9 Å². The predicted molar refractivity (Wildman–Crippen MR) is 86.5 cm³/mol. The standard InChI is InChI=1S/C18H16ClNO/c19-16-10-9-15(18-14(16)7-4-12-20-18)17(21)11-8-13-5-2-1-3-6-13/h1-7,9-10,12,17,21H,8,11H2. The maximum atomic E-state index is 10.5. The number of aromatic nitrogens is 1. The van der Waals surface area contributed by atoms with E-state index >= 15 is 0 Å². The number of aliphatic hydroxyl groups excluding tert-OH is 1. The van der Waals surface area contributed by atoms with Crippen LogP contribution in [0.3, 0.4) is 0 Å². The minimum atomic E-state index is -0.542. The summed E-state index contributed by atoms with van der Waals surface area (Å²) in [6.45, 7) is 0. The van der Waals surface area contributed by atoms with Crippen molar-refractivity contribution in [3.63, 3.8) is 0 Å². The van der Waals surface area contributed by atoms with E-state index in [-0.39, 0.29) is 0 Å². The lowest BCUT2D eigenvalue weighted by molar-refractivity contribution is 0.169. The normalized spacial score (nSPS) is 12.5. The fourth-order valence-corrected chi connectivity index (χ4v) is 2.75. The number of hydrogen-bond donors (Lipinski definition) is 1. The second-order valence-electron chi connectivity index (χ2n) is 5.08. The molecule has 0 radical (unpaired) electrons. The second kappa shape index (κ2) is 6.25. The Balaban J connectivity index is 1.85. The number of aryl methyl sites for hydroxylation is 1. The molecule has 106 valence electrons. The molecule has 1 aromatic heterocycles. The van der Waals surface area contributed by atoms with Crippen LogP contribution >= 0.6 is 11.6 Å². The van der Waals surface area contributed by atoms with E-state index in [1.807, 2.05) is 42.5 Å². The number of aliphatic hydroxyl groups is 1. The van der Waals surface area contributed by atoms with Crippen LogP contribution < -0.4 is 0 Å². The third-order valence-corrected chi connectivity index (χ3v) is 3.99. The number of hydrogen-bond acceptors (Lipinski definition) is 2. The molecule has 2 nitrogen and oxygen atoms in total. The van der Waals surface area contributed by atoms with Gasteiger partial charge in [-0.1, -0.05) is 48.0 Å². The first kappa shape index (κ1) is 14.1. The number of pyridine rings is 1. The van der Waals surface area contributed by atoms with Crippen LogP contribution in [-0.4, -0.2) is 10.1 Å². The molecule has 0 fully saturated rings. The number of halogens is 1. The molecule has 1 unspecified atom stereocenters. The van der Waals surface area contributed by atoms with E-state index in [4.69, 9.17) is 11.6 Å². The molecule has 3 rings (SSSR count). The van der Waals surface area contributed by atoms with Gasteiger partial charge < -0.3 is 5.11 Å². The first-order valence-electron chi connectivity index (χ1n) is 7.01. The van der Waals surface area contributed by atoms with Crippen molar-refractivity contribution in [2.75, 3.05) is 0 Å². The van der Waals surface area contributed by atoms with Crippen LogP contribution in [0.1, 0.15) is 23.7 Å². The highest BCUT2D eigenvalue weighted by molar-refractivity contribution is 6.35. The summed E-state index contributed by atoms with van der Waals surface area (Å²) in [5, 5.41) is 12.0. The Hall–Kier alpha value is -1.90. The van der Waals surface area contributed by atoms with Crippen molar-refractivity contribution in [3.05, 3.63) is 76.9 Å².